The van der Waals surface area contributed by atoms with E-state index >= 15 is 0 Å². The van der Waals surface area contributed by atoms with Crippen molar-refractivity contribution in [2.75, 3.05) is 45.9 Å². The second kappa shape index (κ2) is 9.35. The summed E-state index contributed by atoms with van der Waals surface area (Å²) in [6, 6.07) is 18.3. The van der Waals surface area contributed by atoms with Crippen LogP contribution in [-0.2, 0) is 11.8 Å². The molecule has 1 aliphatic heterocycles. The van der Waals surface area contributed by atoms with Gasteiger partial charge in [0, 0.05) is 31.0 Å². The predicted molar refractivity (Wildman–Crippen MR) is 117 cm³/mol. The lowest BCUT2D eigenvalue weighted by Crippen LogP contribution is -2.38. The van der Waals surface area contributed by atoms with Crippen LogP contribution in [0.25, 0.3) is 22.2 Å². The lowest BCUT2D eigenvalue weighted by Gasteiger charge is -2.26. The molecule has 0 aliphatic carbocycles. The molecular formula is C24H29N3O2. The first-order valence-corrected chi connectivity index (χ1v) is 10.4. The molecule has 3 aromatic rings. The third kappa shape index (κ3) is 4.42. The van der Waals surface area contributed by atoms with Gasteiger partial charge < -0.3 is 14.6 Å². The molecule has 2 heterocycles. The van der Waals surface area contributed by atoms with E-state index in [1.165, 1.54) is 0 Å². The summed E-state index contributed by atoms with van der Waals surface area (Å²) in [6.45, 7) is 5.93. The Balaban J connectivity index is 1.47. The van der Waals surface area contributed by atoms with Gasteiger partial charge in [0.15, 0.2) is 5.78 Å². The van der Waals surface area contributed by atoms with E-state index in [1.807, 2.05) is 43.4 Å². The maximum Gasteiger partial charge on any atom is 0.179 e. The summed E-state index contributed by atoms with van der Waals surface area (Å²) >= 11 is 0. The molecule has 0 saturated carbocycles. The number of Topliss-reactive ketones (excluding diaryl/α,β-unsaturated/α-hetero) is 1. The third-order valence-electron chi connectivity index (χ3n) is 5.65. The standard InChI is InChI=1S/C24H29N3O2/c1-26-21-11-6-5-10-20(21)23(24(26)19-8-3-2-4-9-19)22(28)18-25-12-7-13-27-14-16-29-17-15-27/h2-6,8-11,25H,7,12-18H2,1H3. The minimum absolute atomic E-state index is 0.145. The fraction of sp³-hybridized carbons (Fsp3) is 0.375. The van der Waals surface area contributed by atoms with Crippen LogP contribution in [0.3, 0.4) is 0 Å². The largest absolute Gasteiger partial charge is 0.379 e. The number of rotatable bonds is 8. The van der Waals surface area contributed by atoms with E-state index in [-0.39, 0.29) is 5.78 Å². The number of hydrogen-bond donors (Lipinski definition) is 1. The molecule has 1 N–H and O–H groups in total. The summed E-state index contributed by atoms with van der Waals surface area (Å²) in [4.78, 5) is 15.7. The zero-order chi connectivity index (χ0) is 20.1. The van der Waals surface area contributed by atoms with Gasteiger partial charge in [-0.1, -0.05) is 48.5 Å². The summed E-state index contributed by atoms with van der Waals surface area (Å²) in [5, 5.41) is 4.38. The first kappa shape index (κ1) is 19.8. The normalized spacial score (nSPS) is 15.1. The maximum atomic E-state index is 13.2. The summed E-state index contributed by atoms with van der Waals surface area (Å²) in [7, 11) is 2.04. The number of ether oxygens (including phenoxy) is 1. The van der Waals surface area contributed by atoms with Crippen molar-refractivity contribution in [3.8, 4) is 11.3 Å². The maximum absolute atomic E-state index is 13.2. The molecule has 1 fully saturated rings. The molecule has 0 bridgehead atoms. The number of benzene rings is 2. The van der Waals surface area contributed by atoms with Crippen LogP contribution in [0.2, 0.25) is 0 Å². The van der Waals surface area contributed by atoms with Gasteiger partial charge in [-0.3, -0.25) is 9.69 Å². The topological polar surface area (TPSA) is 46.5 Å². The zero-order valence-electron chi connectivity index (χ0n) is 17.1. The highest BCUT2D eigenvalue weighted by atomic mass is 16.5. The first-order chi connectivity index (χ1) is 14.3. The number of hydrogen-bond acceptors (Lipinski definition) is 4. The van der Waals surface area contributed by atoms with Gasteiger partial charge in [0.1, 0.15) is 0 Å². The summed E-state index contributed by atoms with van der Waals surface area (Å²) < 4.78 is 7.52. The van der Waals surface area contributed by atoms with E-state index in [2.05, 4.69) is 33.0 Å². The summed E-state index contributed by atoms with van der Waals surface area (Å²) in [5.74, 6) is 0.145. The van der Waals surface area contributed by atoms with Crippen LogP contribution in [-0.4, -0.2) is 61.2 Å². The Morgan fingerprint density at radius 2 is 1.76 bits per heavy atom. The van der Waals surface area contributed by atoms with E-state index < -0.39 is 0 Å². The molecule has 4 rings (SSSR count). The minimum atomic E-state index is 0.145. The fourth-order valence-corrected chi connectivity index (χ4v) is 4.15. The molecule has 5 nitrogen and oxygen atoms in total. The van der Waals surface area contributed by atoms with Crippen molar-refractivity contribution in [2.24, 2.45) is 7.05 Å². The van der Waals surface area contributed by atoms with E-state index in [1.54, 1.807) is 0 Å². The van der Waals surface area contributed by atoms with E-state index in [0.717, 1.165) is 73.5 Å². The highest BCUT2D eigenvalue weighted by Crippen LogP contribution is 2.33. The van der Waals surface area contributed by atoms with Gasteiger partial charge in [0.2, 0.25) is 0 Å². The Kier molecular flexibility index (Phi) is 6.39. The van der Waals surface area contributed by atoms with Gasteiger partial charge in [-0.25, -0.2) is 0 Å². The molecule has 0 radical (unpaired) electrons. The summed E-state index contributed by atoms with van der Waals surface area (Å²) in [5.41, 5.74) is 3.96. The minimum Gasteiger partial charge on any atom is -0.379 e. The number of nitrogens with one attached hydrogen (secondary N) is 1. The second-order valence-corrected chi connectivity index (χ2v) is 7.57. The van der Waals surface area contributed by atoms with Crippen molar-refractivity contribution in [1.29, 1.82) is 0 Å². The molecule has 1 aromatic heterocycles. The van der Waals surface area contributed by atoms with E-state index in [4.69, 9.17) is 4.74 Å². The Labute approximate surface area is 172 Å². The number of ketones is 1. The molecule has 0 unspecified atom stereocenters. The van der Waals surface area contributed by atoms with Crippen molar-refractivity contribution in [2.45, 2.75) is 6.42 Å². The monoisotopic (exact) mass is 391 g/mol. The van der Waals surface area contributed by atoms with Gasteiger partial charge >= 0.3 is 0 Å². The van der Waals surface area contributed by atoms with Crippen LogP contribution in [0, 0.1) is 0 Å². The SMILES string of the molecule is Cn1c(-c2ccccc2)c(C(=O)CNCCCN2CCOCC2)c2ccccc21. The molecule has 0 atom stereocenters. The van der Waals surface area contributed by atoms with Crippen LogP contribution >= 0.6 is 0 Å². The van der Waals surface area contributed by atoms with E-state index in [9.17, 15) is 4.79 Å². The Hall–Kier alpha value is -2.47. The molecule has 5 heteroatoms. The number of morpholine rings is 1. The quantitative estimate of drug-likeness (QED) is 0.473. The highest BCUT2D eigenvalue weighted by molar-refractivity contribution is 6.14. The third-order valence-corrected chi connectivity index (χ3v) is 5.65. The molecule has 29 heavy (non-hydrogen) atoms. The zero-order valence-corrected chi connectivity index (χ0v) is 17.1. The van der Waals surface area contributed by atoms with Gasteiger partial charge in [0.25, 0.3) is 0 Å². The van der Waals surface area contributed by atoms with Crippen molar-refractivity contribution < 1.29 is 9.53 Å². The molecule has 2 aromatic carbocycles. The number of nitrogens with zero attached hydrogens (tertiary/aromatic N) is 2. The van der Waals surface area contributed by atoms with Gasteiger partial charge in [-0.05, 0) is 31.1 Å². The number of fused-ring (bicyclic) bond motifs is 1. The lowest BCUT2D eigenvalue weighted by molar-refractivity contribution is 0.0375. The molecule has 152 valence electrons. The van der Waals surface area contributed by atoms with Crippen LogP contribution in [0.1, 0.15) is 16.8 Å². The molecule has 1 aliphatic rings. The van der Waals surface area contributed by atoms with Crippen LogP contribution in [0.4, 0.5) is 0 Å². The van der Waals surface area contributed by atoms with Crippen molar-refractivity contribution in [1.82, 2.24) is 14.8 Å². The Morgan fingerprint density at radius 3 is 2.55 bits per heavy atom. The molecule has 0 amide bonds. The van der Waals surface area contributed by atoms with Crippen molar-refractivity contribution >= 4 is 16.7 Å². The smallest absolute Gasteiger partial charge is 0.179 e. The number of aromatic nitrogens is 1. The molecular weight excluding hydrogens is 362 g/mol. The van der Waals surface area contributed by atoms with Gasteiger partial charge in [-0.2, -0.15) is 0 Å². The molecule has 1 saturated heterocycles. The van der Waals surface area contributed by atoms with Crippen molar-refractivity contribution in [3.63, 3.8) is 0 Å². The van der Waals surface area contributed by atoms with Crippen LogP contribution < -0.4 is 5.32 Å². The first-order valence-electron chi connectivity index (χ1n) is 10.4. The van der Waals surface area contributed by atoms with E-state index in [0.29, 0.717) is 6.54 Å². The predicted octanol–water partition coefficient (Wildman–Crippen LogP) is 3.34. The van der Waals surface area contributed by atoms with Crippen LogP contribution in [0.15, 0.2) is 54.6 Å². The Bertz CT molecular complexity index is 959. The number of aryl methyl sites for hydroxylation is 1. The summed E-state index contributed by atoms with van der Waals surface area (Å²) in [6.07, 6.45) is 1.04. The van der Waals surface area contributed by atoms with Crippen molar-refractivity contribution in [3.05, 3.63) is 60.2 Å². The average molecular weight is 392 g/mol. The van der Waals surface area contributed by atoms with Gasteiger partial charge in [0.05, 0.1) is 31.0 Å². The lowest BCUT2D eigenvalue weighted by atomic mass is 10.0. The fourth-order valence-electron chi connectivity index (χ4n) is 4.15. The van der Waals surface area contributed by atoms with Gasteiger partial charge in [-0.15, -0.1) is 0 Å². The number of carbonyl (C=O) groups excluding carboxylic acids is 1. The molecule has 0 spiro atoms. The number of para-hydroxylation sites is 1. The van der Waals surface area contributed by atoms with Crippen LogP contribution in [0.5, 0.6) is 0 Å². The second-order valence-electron chi connectivity index (χ2n) is 7.57. The highest BCUT2D eigenvalue weighted by Gasteiger charge is 2.21. The average Bonchev–Trinajstić information content (AvgIpc) is 3.07. The number of carbonyl (C=O) groups is 1. The Morgan fingerprint density at radius 1 is 1.03 bits per heavy atom.